The van der Waals surface area contributed by atoms with Gasteiger partial charge in [0.2, 0.25) is 0 Å². The van der Waals surface area contributed by atoms with Gasteiger partial charge in [-0.05, 0) is 0 Å². The molecule has 0 aliphatic carbocycles. The zero-order chi connectivity index (χ0) is 9.14. The van der Waals surface area contributed by atoms with Gasteiger partial charge in [0.25, 0.3) is 11.1 Å². The van der Waals surface area contributed by atoms with E-state index in [-0.39, 0.29) is 17.7 Å². The molecular formula is C7H7BrN2O2. The van der Waals surface area contributed by atoms with Crippen LogP contribution in [0.2, 0.25) is 0 Å². The average Bonchev–Trinajstić information content (AvgIpc) is 1.96. The molecule has 0 saturated heterocycles. The van der Waals surface area contributed by atoms with Gasteiger partial charge in [-0.2, -0.15) is 0 Å². The predicted molar refractivity (Wildman–Crippen MR) is 49.4 cm³/mol. The van der Waals surface area contributed by atoms with E-state index in [0.29, 0.717) is 4.48 Å². The zero-order valence-corrected chi connectivity index (χ0v) is 7.80. The lowest BCUT2D eigenvalue weighted by Gasteiger charge is -2.01. The van der Waals surface area contributed by atoms with Crippen molar-refractivity contribution in [1.82, 2.24) is 9.78 Å². The van der Waals surface area contributed by atoms with E-state index in [1.54, 1.807) is 0 Å². The third-order valence-corrected chi connectivity index (χ3v) is 1.47. The lowest BCUT2D eigenvalue weighted by Crippen LogP contribution is -2.27. The Balaban J connectivity index is 3.14. The Morgan fingerprint density at radius 2 is 2.25 bits per heavy atom. The van der Waals surface area contributed by atoms with Crippen LogP contribution in [0.3, 0.4) is 0 Å². The van der Waals surface area contributed by atoms with Crippen molar-refractivity contribution in [3.05, 3.63) is 43.9 Å². The van der Waals surface area contributed by atoms with E-state index in [1.807, 2.05) is 0 Å². The van der Waals surface area contributed by atoms with E-state index in [2.05, 4.69) is 27.6 Å². The molecule has 1 aromatic rings. The molecule has 1 rings (SSSR count). The first-order chi connectivity index (χ1) is 5.59. The first-order valence-electron chi connectivity index (χ1n) is 3.23. The van der Waals surface area contributed by atoms with Crippen LogP contribution in [-0.4, -0.2) is 9.78 Å². The molecule has 0 bridgehead atoms. The predicted octanol–water partition coefficient (Wildman–Crippen LogP) is 0.445. The second-order valence-electron chi connectivity index (χ2n) is 2.25. The summed E-state index contributed by atoms with van der Waals surface area (Å²) >= 11 is 3.09. The molecule has 0 aliphatic heterocycles. The highest BCUT2D eigenvalue weighted by Gasteiger charge is 1.95. The Kier molecular flexibility index (Phi) is 2.65. The van der Waals surface area contributed by atoms with E-state index >= 15 is 0 Å². The molecule has 64 valence electrons. The summed E-state index contributed by atoms with van der Waals surface area (Å²) in [6, 6.07) is 2.41. The minimum atomic E-state index is -0.302. The second-order valence-corrected chi connectivity index (χ2v) is 3.37. The SMILES string of the molecule is C=C(Br)Cn1[nH]c(=O)ccc1=O. The fraction of sp³-hybridized carbons (Fsp3) is 0.143. The number of hydrogen-bond acceptors (Lipinski definition) is 2. The highest BCUT2D eigenvalue weighted by atomic mass is 79.9. The smallest absolute Gasteiger partial charge is 0.265 e. The maximum absolute atomic E-state index is 11.0. The normalized spacial score (nSPS) is 9.75. The Morgan fingerprint density at radius 3 is 2.83 bits per heavy atom. The van der Waals surface area contributed by atoms with Crippen molar-refractivity contribution in [2.24, 2.45) is 0 Å². The summed E-state index contributed by atoms with van der Waals surface area (Å²) in [6.45, 7) is 3.83. The fourth-order valence-electron chi connectivity index (χ4n) is 0.751. The lowest BCUT2D eigenvalue weighted by atomic mass is 10.5. The van der Waals surface area contributed by atoms with Crippen molar-refractivity contribution in [1.29, 1.82) is 0 Å². The van der Waals surface area contributed by atoms with Crippen LogP contribution in [-0.2, 0) is 6.54 Å². The van der Waals surface area contributed by atoms with Crippen molar-refractivity contribution < 1.29 is 0 Å². The first-order valence-corrected chi connectivity index (χ1v) is 4.02. The quantitative estimate of drug-likeness (QED) is 0.803. The maximum Gasteiger partial charge on any atom is 0.265 e. The number of nitrogens with zero attached hydrogens (tertiary/aromatic N) is 1. The van der Waals surface area contributed by atoms with Crippen LogP contribution in [0.4, 0.5) is 0 Å². The van der Waals surface area contributed by atoms with Crippen molar-refractivity contribution in [2.75, 3.05) is 0 Å². The molecule has 0 spiro atoms. The first kappa shape index (κ1) is 8.99. The summed E-state index contributed by atoms with van der Waals surface area (Å²) in [7, 11) is 0. The largest absolute Gasteiger partial charge is 0.268 e. The summed E-state index contributed by atoms with van der Waals surface area (Å²) < 4.78 is 1.81. The molecule has 1 aromatic heterocycles. The fourth-order valence-corrected chi connectivity index (χ4v) is 1.00. The van der Waals surface area contributed by atoms with E-state index in [9.17, 15) is 9.59 Å². The van der Waals surface area contributed by atoms with Gasteiger partial charge in [0.05, 0.1) is 6.54 Å². The Bertz CT molecular complexity index is 404. The summed E-state index contributed by atoms with van der Waals surface area (Å²) in [5.74, 6) is 0. The zero-order valence-electron chi connectivity index (χ0n) is 6.21. The molecule has 0 atom stereocenters. The van der Waals surface area contributed by atoms with Gasteiger partial charge in [0, 0.05) is 16.6 Å². The second kappa shape index (κ2) is 3.53. The molecular weight excluding hydrogens is 224 g/mol. The van der Waals surface area contributed by atoms with Gasteiger partial charge in [0.15, 0.2) is 0 Å². The molecule has 12 heavy (non-hydrogen) atoms. The molecule has 0 aliphatic rings. The molecule has 4 nitrogen and oxygen atoms in total. The summed E-state index contributed by atoms with van der Waals surface area (Å²) in [6.07, 6.45) is 0. The molecule has 0 fully saturated rings. The van der Waals surface area contributed by atoms with Crippen molar-refractivity contribution in [3.8, 4) is 0 Å². The molecule has 0 aromatic carbocycles. The van der Waals surface area contributed by atoms with E-state index < -0.39 is 0 Å². The number of H-pyrrole nitrogens is 1. The van der Waals surface area contributed by atoms with Gasteiger partial charge in [-0.3, -0.25) is 14.7 Å². The molecule has 5 heteroatoms. The van der Waals surface area contributed by atoms with Crippen LogP contribution in [0.25, 0.3) is 0 Å². The van der Waals surface area contributed by atoms with Crippen LogP contribution >= 0.6 is 15.9 Å². The summed E-state index contributed by atoms with van der Waals surface area (Å²) in [5.41, 5.74) is -0.557. The number of halogens is 1. The third kappa shape index (κ3) is 2.20. The third-order valence-electron chi connectivity index (χ3n) is 1.22. The van der Waals surface area contributed by atoms with E-state index in [1.165, 1.54) is 16.8 Å². The molecule has 0 amide bonds. The number of aromatic amines is 1. The highest BCUT2D eigenvalue weighted by molar-refractivity contribution is 9.11. The topological polar surface area (TPSA) is 54.9 Å². The van der Waals surface area contributed by atoms with Gasteiger partial charge < -0.3 is 0 Å². The monoisotopic (exact) mass is 230 g/mol. The van der Waals surface area contributed by atoms with Crippen molar-refractivity contribution >= 4 is 15.9 Å². The molecule has 1 heterocycles. The van der Waals surface area contributed by atoms with Crippen LogP contribution < -0.4 is 11.1 Å². The van der Waals surface area contributed by atoms with Gasteiger partial charge >= 0.3 is 0 Å². The standard InChI is InChI=1S/C7H7BrN2O2/c1-5(8)4-10-7(12)3-2-6(11)9-10/h2-3H,1,4H2,(H,9,11). The van der Waals surface area contributed by atoms with Crippen molar-refractivity contribution in [2.45, 2.75) is 6.54 Å². The molecule has 0 saturated carbocycles. The Labute approximate surface area is 76.6 Å². The molecule has 0 radical (unpaired) electrons. The average molecular weight is 231 g/mol. The van der Waals surface area contributed by atoms with Gasteiger partial charge in [-0.1, -0.05) is 22.5 Å². The summed E-state index contributed by atoms with van der Waals surface area (Å²) in [5, 5.41) is 2.36. The number of hydrogen-bond donors (Lipinski definition) is 1. The van der Waals surface area contributed by atoms with Gasteiger partial charge in [-0.15, -0.1) is 0 Å². The number of rotatable bonds is 2. The minimum Gasteiger partial charge on any atom is -0.268 e. The Morgan fingerprint density at radius 1 is 1.58 bits per heavy atom. The number of allylic oxidation sites excluding steroid dienone is 1. The lowest BCUT2D eigenvalue weighted by molar-refractivity contribution is 0.636. The minimum absolute atomic E-state index is 0.254. The van der Waals surface area contributed by atoms with Crippen LogP contribution in [0.1, 0.15) is 0 Å². The number of aromatic nitrogens is 2. The Hall–Kier alpha value is -1.10. The van der Waals surface area contributed by atoms with Crippen LogP contribution in [0.5, 0.6) is 0 Å². The molecule has 1 N–H and O–H groups in total. The van der Waals surface area contributed by atoms with Crippen molar-refractivity contribution in [3.63, 3.8) is 0 Å². The van der Waals surface area contributed by atoms with Crippen LogP contribution in [0, 0.1) is 0 Å². The van der Waals surface area contributed by atoms with Crippen LogP contribution in [0.15, 0.2) is 32.8 Å². The summed E-state index contributed by atoms with van der Waals surface area (Å²) in [4.78, 5) is 21.8. The van der Waals surface area contributed by atoms with Gasteiger partial charge in [0.1, 0.15) is 0 Å². The van der Waals surface area contributed by atoms with E-state index in [0.717, 1.165) is 0 Å². The number of nitrogens with one attached hydrogen (secondary N) is 1. The van der Waals surface area contributed by atoms with E-state index in [4.69, 9.17) is 0 Å². The molecule has 0 unspecified atom stereocenters. The maximum atomic E-state index is 11.0. The van der Waals surface area contributed by atoms with Gasteiger partial charge in [-0.25, -0.2) is 4.68 Å². The highest BCUT2D eigenvalue weighted by Crippen LogP contribution is 2.00.